The highest BCUT2D eigenvalue weighted by Crippen LogP contribution is 2.29. The molecule has 1 aromatic rings. The lowest BCUT2D eigenvalue weighted by Crippen LogP contribution is -2.07. The van der Waals surface area contributed by atoms with Gasteiger partial charge in [-0.1, -0.05) is 19.9 Å². The van der Waals surface area contributed by atoms with Crippen LogP contribution in [-0.2, 0) is 0 Å². The van der Waals surface area contributed by atoms with Crippen molar-refractivity contribution < 1.29 is 14.1 Å². The first kappa shape index (κ1) is 11.4. The summed E-state index contributed by atoms with van der Waals surface area (Å²) in [5, 5.41) is 10.6. The topological polar surface area (TPSA) is 52.4 Å². The molecule has 0 amide bonds. The molecule has 82 valence electrons. The third-order valence-corrected chi connectivity index (χ3v) is 1.70. The van der Waals surface area contributed by atoms with E-state index in [1.54, 1.807) is 0 Å². The lowest BCUT2D eigenvalue weighted by Gasteiger charge is -2.09. The normalized spacial score (nSPS) is 10.4. The Balaban J connectivity index is 2.97. The minimum absolute atomic E-state index is 0.184. The van der Waals surface area contributed by atoms with Gasteiger partial charge < -0.3 is 4.74 Å². The zero-order valence-corrected chi connectivity index (χ0v) is 8.57. The minimum atomic E-state index is -0.704. The van der Waals surface area contributed by atoms with Crippen molar-refractivity contribution in [2.75, 3.05) is 6.61 Å². The molecule has 0 saturated carbocycles. The third-order valence-electron chi connectivity index (χ3n) is 1.70. The molecule has 0 aliphatic carbocycles. The summed E-state index contributed by atoms with van der Waals surface area (Å²) in [6.07, 6.45) is 0. The van der Waals surface area contributed by atoms with Crippen molar-refractivity contribution in [3.05, 3.63) is 34.1 Å². The molecule has 0 unspecified atom stereocenters. The van der Waals surface area contributed by atoms with Crippen LogP contribution in [0, 0.1) is 21.8 Å². The number of nitrogens with zero attached hydrogens (tertiary/aromatic N) is 1. The molecule has 4 nitrogen and oxygen atoms in total. The fourth-order valence-corrected chi connectivity index (χ4v) is 1.03. The van der Waals surface area contributed by atoms with E-state index in [9.17, 15) is 14.5 Å². The summed E-state index contributed by atoms with van der Waals surface area (Å²) in [4.78, 5) is 9.92. The number of hydrogen-bond acceptors (Lipinski definition) is 3. The van der Waals surface area contributed by atoms with Crippen LogP contribution in [0.25, 0.3) is 0 Å². The molecule has 15 heavy (non-hydrogen) atoms. The summed E-state index contributed by atoms with van der Waals surface area (Å²) >= 11 is 0. The quantitative estimate of drug-likeness (QED) is 0.570. The second-order valence-electron chi connectivity index (χ2n) is 3.55. The van der Waals surface area contributed by atoms with Gasteiger partial charge in [-0.2, -0.15) is 0 Å². The summed E-state index contributed by atoms with van der Waals surface area (Å²) in [5.41, 5.74) is -0.337. The molecule has 5 heteroatoms. The van der Waals surface area contributed by atoms with Crippen LogP contribution >= 0.6 is 0 Å². The molecule has 0 N–H and O–H groups in total. The highest BCUT2D eigenvalue weighted by atomic mass is 19.1. The summed E-state index contributed by atoms with van der Waals surface area (Å²) in [6.45, 7) is 4.02. The first-order valence-electron chi connectivity index (χ1n) is 4.58. The fraction of sp³-hybridized carbons (Fsp3) is 0.400. The summed E-state index contributed by atoms with van der Waals surface area (Å²) < 4.78 is 18.3. The van der Waals surface area contributed by atoms with Crippen LogP contribution in [-0.4, -0.2) is 11.5 Å². The largest absolute Gasteiger partial charge is 0.485 e. The van der Waals surface area contributed by atoms with Gasteiger partial charge in [-0.3, -0.25) is 10.1 Å². The zero-order valence-electron chi connectivity index (χ0n) is 8.57. The zero-order chi connectivity index (χ0) is 11.4. The van der Waals surface area contributed by atoms with Gasteiger partial charge in [0.1, 0.15) is 0 Å². The van der Waals surface area contributed by atoms with Crippen molar-refractivity contribution in [2.45, 2.75) is 13.8 Å². The maximum atomic E-state index is 13.2. The van der Waals surface area contributed by atoms with E-state index in [0.717, 1.165) is 6.07 Å². The van der Waals surface area contributed by atoms with Crippen LogP contribution in [0.5, 0.6) is 5.75 Å². The van der Waals surface area contributed by atoms with E-state index < -0.39 is 10.7 Å². The third kappa shape index (κ3) is 2.90. The monoisotopic (exact) mass is 213 g/mol. The van der Waals surface area contributed by atoms with Crippen molar-refractivity contribution in [3.8, 4) is 5.75 Å². The number of nitro benzene ring substituents is 1. The van der Waals surface area contributed by atoms with Crippen LogP contribution in [0.2, 0.25) is 0 Å². The number of rotatable bonds is 4. The Morgan fingerprint density at radius 1 is 1.53 bits per heavy atom. The standard InChI is InChI=1S/C10H12FNO3/c1-7(2)6-15-10-8(11)4-3-5-9(10)12(13)14/h3-5,7H,6H2,1-2H3. The Kier molecular flexibility index (Phi) is 3.60. The van der Waals surface area contributed by atoms with Gasteiger partial charge in [-0.05, 0) is 12.0 Å². The Bertz CT molecular complexity index is 366. The van der Waals surface area contributed by atoms with Gasteiger partial charge in [-0.15, -0.1) is 0 Å². The molecular weight excluding hydrogens is 201 g/mol. The Morgan fingerprint density at radius 3 is 2.73 bits per heavy atom. The van der Waals surface area contributed by atoms with Gasteiger partial charge in [0.15, 0.2) is 5.82 Å². The SMILES string of the molecule is CC(C)COc1c(F)cccc1[N+](=O)[O-]. The number of nitro groups is 1. The van der Waals surface area contributed by atoms with Gasteiger partial charge in [0.25, 0.3) is 0 Å². The molecule has 0 spiro atoms. The highest BCUT2D eigenvalue weighted by molar-refractivity contribution is 5.46. The van der Waals surface area contributed by atoms with Crippen molar-refractivity contribution in [1.29, 1.82) is 0 Å². The van der Waals surface area contributed by atoms with Crippen molar-refractivity contribution in [3.63, 3.8) is 0 Å². The van der Waals surface area contributed by atoms with E-state index in [-0.39, 0.29) is 24.0 Å². The molecule has 0 atom stereocenters. The second-order valence-corrected chi connectivity index (χ2v) is 3.55. The predicted octanol–water partition coefficient (Wildman–Crippen LogP) is 2.77. The number of benzene rings is 1. The maximum Gasteiger partial charge on any atom is 0.314 e. The van der Waals surface area contributed by atoms with Crippen molar-refractivity contribution in [1.82, 2.24) is 0 Å². The highest BCUT2D eigenvalue weighted by Gasteiger charge is 2.19. The smallest absolute Gasteiger partial charge is 0.314 e. The first-order chi connectivity index (χ1) is 7.02. The average Bonchev–Trinajstić information content (AvgIpc) is 2.15. The summed E-state index contributed by atoms with van der Waals surface area (Å²) in [6, 6.07) is 3.65. The van der Waals surface area contributed by atoms with Crippen molar-refractivity contribution in [2.24, 2.45) is 5.92 Å². The summed E-state index contributed by atoms with van der Waals surface area (Å²) in [7, 11) is 0. The molecule has 0 aliphatic rings. The molecule has 0 bridgehead atoms. The fourth-order valence-electron chi connectivity index (χ4n) is 1.03. The lowest BCUT2D eigenvalue weighted by atomic mass is 10.2. The molecule has 0 fully saturated rings. The minimum Gasteiger partial charge on any atom is -0.485 e. The number of halogens is 1. The predicted molar refractivity (Wildman–Crippen MR) is 53.4 cm³/mol. The second kappa shape index (κ2) is 4.72. The molecule has 0 saturated heterocycles. The van der Waals surface area contributed by atoms with Gasteiger partial charge >= 0.3 is 5.69 Å². The van der Waals surface area contributed by atoms with E-state index in [0.29, 0.717) is 0 Å². The molecule has 1 aromatic carbocycles. The van der Waals surface area contributed by atoms with Gasteiger partial charge in [0.2, 0.25) is 5.75 Å². The Hall–Kier alpha value is -1.65. The van der Waals surface area contributed by atoms with Crippen LogP contribution in [0.3, 0.4) is 0 Å². The molecule has 0 aromatic heterocycles. The van der Waals surface area contributed by atoms with Crippen LogP contribution < -0.4 is 4.74 Å². The van der Waals surface area contributed by atoms with E-state index >= 15 is 0 Å². The van der Waals surface area contributed by atoms with Crippen molar-refractivity contribution >= 4 is 5.69 Å². The number of hydrogen-bond donors (Lipinski definition) is 0. The van der Waals surface area contributed by atoms with Gasteiger partial charge in [-0.25, -0.2) is 4.39 Å². The first-order valence-corrected chi connectivity index (χ1v) is 4.58. The van der Waals surface area contributed by atoms with E-state index in [1.165, 1.54) is 12.1 Å². The maximum absolute atomic E-state index is 13.2. The lowest BCUT2D eigenvalue weighted by molar-refractivity contribution is -0.386. The van der Waals surface area contributed by atoms with Crippen LogP contribution in [0.4, 0.5) is 10.1 Å². The molecular formula is C10H12FNO3. The molecule has 1 rings (SSSR count). The molecule has 0 radical (unpaired) electrons. The van der Waals surface area contributed by atoms with Gasteiger partial charge in [0.05, 0.1) is 11.5 Å². The Labute approximate surface area is 86.8 Å². The van der Waals surface area contributed by atoms with Crippen LogP contribution in [0.15, 0.2) is 18.2 Å². The number of ether oxygens (including phenoxy) is 1. The van der Waals surface area contributed by atoms with E-state index in [4.69, 9.17) is 4.74 Å². The number of para-hydroxylation sites is 1. The average molecular weight is 213 g/mol. The summed E-state index contributed by atoms with van der Waals surface area (Å²) in [5.74, 6) is -0.801. The van der Waals surface area contributed by atoms with E-state index in [2.05, 4.69) is 0 Å². The van der Waals surface area contributed by atoms with Gasteiger partial charge in [0, 0.05) is 6.07 Å². The van der Waals surface area contributed by atoms with Crippen LogP contribution in [0.1, 0.15) is 13.8 Å². The molecule has 0 aliphatic heterocycles. The Morgan fingerprint density at radius 2 is 2.20 bits per heavy atom. The molecule has 0 heterocycles. The van der Waals surface area contributed by atoms with E-state index in [1.807, 2.05) is 13.8 Å².